The molecule has 2 aliphatic rings. The van der Waals surface area contributed by atoms with E-state index in [0.29, 0.717) is 12.1 Å². The number of aliphatic hydroxyl groups is 1. The molecule has 20 heavy (non-hydrogen) atoms. The van der Waals surface area contributed by atoms with Gasteiger partial charge in [-0.05, 0) is 39.7 Å². The van der Waals surface area contributed by atoms with Gasteiger partial charge in [0, 0.05) is 43.4 Å². The summed E-state index contributed by atoms with van der Waals surface area (Å²) in [6, 6.07) is 1.26. The van der Waals surface area contributed by atoms with Crippen LogP contribution < -0.4 is 0 Å². The fraction of sp³-hybridized carbons (Fsp3) is 0.812. The average Bonchev–Trinajstić information content (AvgIpc) is 2.81. The SMILES string of the molecule is CC(C)N1CCCCC1Cc1ncc2n1CCC(O)C2. The van der Waals surface area contributed by atoms with Gasteiger partial charge in [0.05, 0.1) is 6.10 Å². The summed E-state index contributed by atoms with van der Waals surface area (Å²) in [5.41, 5.74) is 1.21. The highest BCUT2D eigenvalue weighted by Gasteiger charge is 2.27. The number of aromatic nitrogens is 2. The fourth-order valence-electron chi connectivity index (χ4n) is 3.81. The number of nitrogens with zero attached hydrogens (tertiary/aromatic N) is 3. The van der Waals surface area contributed by atoms with Gasteiger partial charge >= 0.3 is 0 Å². The number of likely N-dealkylation sites (tertiary alicyclic amines) is 1. The first-order valence-electron chi connectivity index (χ1n) is 8.12. The summed E-state index contributed by atoms with van der Waals surface area (Å²) in [5, 5.41) is 9.75. The molecule has 3 heterocycles. The summed E-state index contributed by atoms with van der Waals surface area (Å²) in [6.45, 7) is 6.76. The van der Waals surface area contributed by atoms with Crippen LogP contribution in [0.15, 0.2) is 6.20 Å². The summed E-state index contributed by atoms with van der Waals surface area (Å²) in [4.78, 5) is 7.29. The first-order valence-corrected chi connectivity index (χ1v) is 8.12. The van der Waals surface area contributed by atoms with Crippen molar-refractivity contribution in [1.29, 1.82) is 0 Å². The lowest BCUT2D eigenvalue weighted by Gasteiger charge is -2.38. The third kappa shape index (κ3) is 2.77. The molecule has 0 aromatic carbocycles. The molecule has 0 saturated carbocycles. The molecular weight excluding hydrogens is 250 g/mol. The Morgan fingerprint density at radius 3 is 2.95 bits per heavy atom. The predicted molar refractivity (Wildman–Crippen MR) is 79.7 cm³/mol. The van der Waals surface area contributed by atoms with E-state index >= 15 is 0 Å². The second-order valence-electron chi connectivity index (χ2n) is 6.65. The van der Waals surface area contributed by atoms with Crippen LogP contribution in [0.3, 0.4) is 0 Å². The molecule has 4 nitrogen and oxygen atoms in total. The van der Waals surface area contributed by atoms with Crippen molar-refractivity contribution in [1.82, 2.24) is 14.5 Å². The Bertz CT molecular complexity index is 455. The lowest BCUT2D eigenvalue weighted by molar-refractivity contribution is 0.108. The van der Waals surface area contributed by atoms with Crippen LogP contribution in [-0.2, 0) is 19.4 Å². The highest BCUT2D eigenvalue weighted by Crippen LogP contribution is 2.24. The molecule has 1 fully saturated rings. The maximum Gasteiger partial charge on any atom is 0.110 e. The molecular formula is C16H27N3O. The van der Waals surface area contributed by atoms with E-state index in [-0.39, 0.29) is 6.10 Å². The summed E-state index contributed by atoms with van der Waals surface area (Å²) in [7, 11) is 0. The van der Waals surface area contributed by atoms with E-state index in [0.717, 1.165) is 25.8 Å². The zero-order valence-electron chi connectivity index (χ0n) is 12.8. The number of fused-ring (bicyclic) bond motifs is 1. The lowest BCUT2D eigenvalue weighted by atomic mass is 9.97. The molecule has 0 spiro atoms. The maximum absolute atomic E-state index is 9.75. The van der Waals surface area contributed by atoms with Crippen molar-refractivity contribution >= 4 is 0 Å². The minimum Gasteiger partial charge on any atom is -0.393 e. The minimum atomic E-state index is -0.172. The van der Waals surface area contributed by atoms with E-state index in [2.05, 4.69) is 28.3 Å². The van der Waals surface area contributed by atoms with Gasteiger partial charge in [-0.1, -0.05) is 6.42 Å². The number of rotatable bonds is 3. The number of hydrogen-bond donors (Lipinski definition) is 1. The molecule has 1 aromatic rings. The molecule has 1 N–H and O–H groups in total. The zero-order chi connectivity index (χ0) is 14.1. The molecule has 2 atom stereocenters. The Labute approximate surface area is 121 Å². The molecule has 0 aliphatic carbocycles. The third-order valence-electron chi connectivity index (χ3n) is 4.91. The smallest absolute Gasteiger partial charge is 0.110 e. The summed E-state index contributed by atoms with van der Waals surface area (Å²) >= 11 is 0. The van der Waals surface area contributed by atoms with Crippen LogP contribution in [0.4, 0.5) is 0 Å². The van der Waals surface area contributed by atoms with Gasteiger partial charge < -0.3 is 9.67 Å². The molecule has 0 amide bonds. The lowest BCUT2D eigenvalue weighted by Crippen LogP contribution is -2.45. The minimum absolute atomic E-state index is 0.172. The first kappa shape index (κ1) is 14.1. The van der Waals surface area contributed by atoms with Gasteiger partial charge in [0.25, 0.3) is 0 Å². The van der Waals surface area contributed by atoms with Gasteiger partial charge in [-0.25, -0.2) is 4.98 Å². The van der Waals surface area contributed by atoms with E-state index in [1.807, 2.05) is 6.20 Å². The number of aliphatic hydroxyl groups excluding tert-OH is 1. The average molecular weight is 277 g/mol. The fourth-order valence-corrected chi connectivity index (χ4v) is 3.81. The molecule has 1 aromatic heterocycles. The quantitative estimate of drug-likeness (QED) is 0.918. The Balaban J connectivity index is 1.74. The highest BCUT2D eigenvalue weighted by molar-refractivity contribution is 5.10. The van der Waals surface area contributed by atoms with Crippen molar-refractivity contribution in [3.05, 3.63) is 17.7 Å². The van der Waals surface area contributed by atoms with E-state index in [9.17, 15) is 5.11 Å². The topological polar surface area (TPSA) is 41.3 Å². The van der Waals surface area contributed by atoms with Crippen LogP contribution in [0.2, 0.25) is 0 Å². The Hall–Kier alpha value is -0.870. The van der Waals surface area contributed by atoms with Crippen molar-refractivity contribution in [2.24, 2.45) is 0 Å². The number of piperidine rings is 1. The molecule has 3 rings (SSSR count). The van der Waals surface area contributed by atoms with Crippen molar-refractivity contribution in [3.8, 4) is 0 Å². The third-order valence-corrected chi connectivity index (χ3v) is 4.91. The van der Waals surface area contributed by atoms with Gasteiger partial charge in [-0.3, -0.25) is 4.90 Å². The largest absolute Gasteiger partial charge is 0.393 e. The van der Waals surface area contributed by atoms with Crippen molar-refractivity contribution in [2.75, 3.05) is 6.54 Å². The maximum atomic E-state index is 9.75. The molecule has 0 radical (unpaired) electrons. The normalized spacial score (nSPS) is 27.8. The van der Waals surface area contributed by atoms with Crippen LogP contribution >= 0.6 is 0 Å². The van der Waals surface area contributed by atoms with Crippen LogP contribution in [0.25, 0.3) is 0 Å². The van der Waals surface area contributed by atoms with Crippen molar-refractivity contribution in [3.63, 3.8) is 0 Å². The zero-order valence-corrected chi connectivity index (χ0v) is 12.8. The van der Waals surface area contributed by atoms with Gasteiger partial charge in [-0.15, -0.1) is 0 Å². The van der Waals surface area contributed by atoms with Crippen LogP contribution in [-0.4, -0.2) is 44.3 Å². The second kappa shape index (κ2) is 5.86. The molecule has 0 bridgehead atoms. The van der Waals surface area contributed by atoms with E-state index in [4.69, 9.17) is 0 Å². The Morgan fingerprint density at radius 1 is 1.30 bits per heavy atom. The Kier molecular flexibility index (Phi) is 4.13. The van der Waals surface area contributed by atoms with Crippen molar-refractivity contribution < 1.29 is 5.11 Å². The van der Waals surface area contributed by atoms with Gasteiger partial charge in [-0.2, -0.15) is 0 Å². The summed E-state index contributed by atoms with van der Waals surface area (Å²) < 4.78 is 2.35. The van der Waals surface area contributed by atoms with Gasteiger partial charge in [0.1, 0.15) is 5.82 Å². The van der Waals surface area contributed by atoms with Crippen LogP contribution in [0.5, 0.6) is 0 Å². The summed E-state index contributed by atoms with van der Waals surface area (Å²) in [5.74, 6) is 1.23. The van der Waals surface area contributed by atoms with Gasteiger partial charge in [0.2, 0.25) is 0 Å². The molecule has 2 unspecified atom stereocenters. The highest BCUT2D eigenvalue weighted by atomic mass is 16.3. The van der Waals surface area contributed by atoms with Crippen LogP contribution in [0, 0.1) is 0 Å². The predicted octanol–water partition coefficient (Wildman–Crippen LogP) is 2.00. The van der Waals surface area contributed by atoms with Crippen molar-refractivity contribution in [2.45, 2.75) is 77.1 Å². The standard InChI is InChI=1S/C16H27N3O/c1-12(2)18-7-4-3-5-13(18)10-16-17-11-14-9-15(20)6-8-19(14)16/h11-13,15,20H,3-10H2,1-2H3. The molecule has 112 valence electrons. The number of imidazole rings is 1. The molecule has 4 heteroatoms. The first-order chi connectivity index (χ1) is 9.65. The van der Waals surface area contributed by atoms with E-state index < -0.39 is 0 Å². The number of hydrogen-bond acceptors (Lipinski definition) is 3. The van der Waals surface area contributed by atoms with Gasteiger partial charge in [0.15, 0.2) is 0 Å². The molecule has 2 aliphatic heterocycles. The van der Waals surface area contributed by atoms with E-state index in [1.165, 1.54) is 37.3 Å². The van der Waals surface area contributed by atoms with Crippen LogP contribution in [0.1, 0.15) is 51.0 Å². The summed E-state index contributed by atoms with van der Waals surface area (Å²) in [6.07, 6.45) is 8.48. The van der Waals surface area contributed by atoms with E-state index in [1.54, 1.807) is 0 Å². The monoisotopic (exact) mass is 277 g/mol. The second-order valence-corrected chi connectivity index (χ2v) is 6.65. The molecule has 1 saturated heterocycles. The Morgan fingerprint density at radius 2 is 2.15 bits per heavy atom.